The molecule has 11 nitrogen and oxygen atoms in total. The minimum Gasteiger partial charge on any atom is -0.374 e. The summed E-state index contributed by atoms with van der Waals surface area (Å²) in [5.41, 5.74) is -2.56. The third kappa shape index (κ3) is 4.39. The van der Waals surface area contributed by atoms with Crippen molar-refractivity contribution in [3.8, 4) is 0 Å². The fourth-order valence-electron chi connectivity index (χ4n) is 2.99. The molecular formula is C19H21FN6O5S. The third-order valence-corrected chi connectivity index (χ3v) is 6.12. The molecule has 2 amide bonds. The molecule has 13 heteroatoms. The number of amides is 2. The predicted octanol–water partition coefficient (Wildman–Crippen LogP) is 0.922. The number of nitrogens with zero attached hydrogens (tertiary/aromatic N) is 3. The molecule has 0 aromatic carbocycles. The first-order chi connectivity index (χ1) is 16.2. The normalized spacial score (nSPS) is 19.0. The summed E-state index contributed by atoms with van der Waals surface area (Å²) in [4.78, 5) is 28.3. The highest BCUT2D eigenvalue weighted by molar-refractivity contribution is 7.90. The van der Waals surface area contributed by atoms with Gasteiger partial charge in [0, 0.05) is 41.1 Å². The third-order valence-electron chi connectivity index (χ3n) is 5.01. The van der Waals surface area contributed by atoms with E-state index in [1.807, 2.05) is 0 Å². The van der Waals surface area contributed by atoms with Crippen molar-refractivity contribution in [1.82, 2.24) is 20.5 Å². The average Bonchev–Trinajstić information content (AvgIpc) is 3.56. The number of sulfone groups is 1. The van der Waals surface area contributed by atoms with E-state index in [-0.39, 0.29) is 52.8 Å². The van der Waals surface area contributed by atoms with Gasteiger partial charge < -0.3 is 20.7 Å². The highest BCUT2D eigenvalue weighted by Gasteiger charge is 2.42. The van der Waals surface area contributed by atoms with Crippen LogP contribution in [0.15, 0.2) is 23.2 Å². The van der Waals surface area contributed by atoms with Crippen LogP contribution in [0.5, 0.6) is 0 Å². The molecular weight excluding hydrogens is 443 g/mol. The van der Waals surface area contributed by atoms with Gasteiger partial charge in [0.2, 0.25) is 5.91 Å². The van der Waals surface area contributed by atoms with Crippen LogP contribution in [-0.2, 0) is 25.0 Å². The number of carbonyl (C=O) groups excluding carboxylic acids is 2. The van der Waals surface area contributed by atoms with E-state index in [4.69, 9.17) is 8.85 Å². The summed E-state index contributed by atoms with van der Waals surface area (Å²) >= 11 is 0. The van der Waals surface area contributed by atoms with E-state index in [0.717, 1.165) is 31.4 Å². The van der Waals surface area contributed by atoms with E-state index in [9.17, 15) is 22.4 Å². The minimum atomic E-state index is -3.94. The van der Waals surface area contributed by atoms with Gasteiger partial charge in [-0.2, -0.15) is 0 Å². The standard InChI is InChI=1S/C19H21FN6O5S/c1-21-18(28)15-12(6-14(25-26-15)24-17(27)10-3-4-10)23-16-13(32(2,29)30)5-11(7-22-16)19(20)8-31-9-19/h5-7,10H,3-4,8-9H2,1-2H3,(H,21,28)(H2,22,23,24,25,27)/i1D3. The molecule has 170 valence electrons. The molecule has 1 saturated heterocycles. The monoisotopic (exact) mass is 467 g/mol. The Morgan fingerprint density at radius 1 is 1.28 bits per heavy atom. The quantitative estimate of drug-likeness (QED) is 0.540. The zero-order valence-electron chi connectivity index (χ0n) is 19.8. The summed E-state index contributed by atoms with van der Waals surface area (Å²) in [5.74, 6) is -1.93. The van der Waals surface area contributed by atoms with Crippen LogP contribution in [0.2, 0.25) is 0 Å². The number of rotatable bonds is 7. The Hall–Kier alpha value is -3.19. The van der Waals surface area contributed by atoms with Crippen LogP contribution in [0, 0.1) is 5.92 Å². The van der Waals surface area contributed by atoms with Gasteiger partial charge in [0.05, 0.1) is 18.9 Å². The Bertz CT molecular complexity index is 1300. The van der Waals surface area contributed by atoms with E-state index < -0.39 is 34.1 Å². The molecule has 1 aliphatic heterocycles. The van der Waals surface area contributed by atoms with Crippen LogP contribution < -0.4 is 16.0 Å². The van der Waals surface area contributed by atoms with Crippen LogP contribution in [0.3, 0.4) is 0 Å². The topological polar surface area (TPSA) is 152 Å². The summed E-state index contributed by atoms with van der Waals surface area (Å²) < 4.78 is 66.3. The highest BCUT2D eigenvalue weighted by atomic mass is 32.2. The lowest BCUT2D eigenvalue weighted by Crippen LogP contribution is -2.42. The molecule has 32 heavy (non-hydrogen) atoms. The number of anilines is 3. The van der Waals surface area contributed by atoms with Gasteiger partial charge in [0.15, 0.2) is 27.0 Å². The maximum absolute atomic E-state index is 14.8. The van der Waals surface area contributed by atoms with Gasteiger partial charge in [0.1, 0.15) is 10.7 Å². The minimum absolute atomic E-state index is 0.000308. The van der Waals surface area contributed by atoms with Crippen LogP contribution in [0.4, 0.5) is 21.7 Å². The number of aromatic nitrogens is 3. The van der Waals surface area contributed by atoms with Crippen LogP contribution >= 0.6 is 0 Å². The first kappa shape index (κ1) is 18.4. The smallest absolute Gasteiger partial charge is 0.273 e. The van der Waals surface area contributed by atoms with E-state index in [1.54, 1.807) is 5.32 Å². The molecule has 1 saturated carbocycles. The summed E-state index contributed by atoms with van der Waals surface area (Å²) in [6, 6.07) is 2.31. The van der Waals surface area contributed by atoms with Gasteiger partial charge >= 0.3 is 0 Å². The summed E-state index contributed by atoms with van der Waals surface area (Å²) in [5, 5.41) is 14.4. The molecule has 2 aromatic heterocycles. The first-order valence-electron chi connectivity index (χ1n) is 11.0. The van der Waals surface area contributed by atoms with Gasteiger partial charge in [-0.25, -0.2) is 17.8 Å². The fourth-order valence-corrected chi connectivity index (χ4v) is 3.79. The maximum atomic E-state index is 14.8. The van der Waals surface area contributed by atoms with Gasteiger partial charge in [-0.3, -0.25) is 9.59 Å². The van der Waals surface area contributed by atoms with Crippen molar-refractivity contribution >= 4 is 39.0 Å². The van der Waals surface area contributed by atoms with E-state index in [2.05, 4.69) is 25.8 Å². The van der Waals surface area contributed by atoms with Gasteiger partial charge in [-0.05, 0) is 18.9 Å². The molecule has 3 heterocycles. The number of halogens is 1. The van der Waals surface area contributed by atoms with Crippen molar-refractivity contribution in [2.75, 3.05) is 37.1 Å². The SMILES string of the molecule is [2H]C([2H])([2H])NC(=O)c1nnc(NC(=O)C2CC2)cc1Nc1ncc(C2(F)COC2)cc1S(C)(=O)=O. The van der Waals surface area contributed by atoms with E-state index in [1.165, 1.54) is 6.07 Å². The molecule has 3 N–H and O–H groups in total. The van der Waals surface area contributed by atoms with Crippen molar-refractivity contribution in [2.24, 2.45) is 5.92 Å². The Morgan fingerprint density at radius 2 is 2.03 bits per heavy atom. The Labute approximate surface area is 187 Å². The lowest BCUT2D eigenvalue weighted by molar-refractivity contribution is -0.135. The van der Waals surface area contributed by atoms with Gasteiger partial charge in [-0.15, -0.1) is 10.2 Å². The number of nitrogens with one attached hydrogen (secondary N) is 3. The molecule has 4 rings (SSSR count). The number of alkyl halides is 1. The molecule has 1 aliphatic carbocycles. The second kappa shape index (κ2) is 8.06. The molecule has 2 fully saturated rings. The van der Waals surface area contributed by atoms with Crippen LogP contribution in [0.1, 0.15) is 33.0 Å². The van der Waals surface area contributed by atoms with E-state index in [0.29, 0.717) is 0 Å². The first-order valence-corrected chi connectivity index (χ1v) is 11.4. The largest absolute Gasteiger partial charge is 0.374 e. The van der Waals surface area contributed by atoms with Crippen molar-refractivity contribution in [3.05, 3.63) is 29.6 Å². The van der Waals surface area contributed by atoms with Crippen molar-refractivity contribution in [3.63, 3.8) is 0 Å². The fraction of sp³-hybridized carbons (Fsp3) is 0.421. The van der Waals surface area contributed by atoms with Crippen molar-refractivity contribution in [2.45, 2.75) is 23.4 Å². The zero-order valence-corrected chi connectivity index (χ0v) is 17.6. The molecule has 2 aliphatic rings. The number of hydrogen-bond acceptors (Lipinski definition) is 9. The van der Waals surface area contributed by atoms with Crippen molar-refractivity contribution < 1.29 is 31.2 Å². The van der Waals surface area contributed by atoms with E-state index >= 15 is 0 Å². The molecule has 0 radical (unpaired) electrons. The zero-order chi connectivity index (χ0) is 25.6. The van der Waals surface area contributed by atoms with Gasteiger partial charge in [-0.1, -0.05) is 0 Å². The lowest BCUT2D eigenvalue weighted by Gasteiger charge is -2.34. The predicted molar refractivity (Wildman–Crippen MR) is 111 cm³/mol. The molecule has 0 spiro atoms. The maximum Gasteiger partial charge on any atom is 0.273 e. The van der Waals surface area contributed by atoms with Crippen LogP contribution in [0.25, 0.3) is 0 Å². The van der Waals surface area contributed by atoms with Crippen LogP contribution in [-0.4, -0.2) is 61.9 Å². The summed E-state index contributed by atoms with van der Waals surface area (Å²) in [7, 11) is -3.94. The average molecular weight is 467 g/mol. The number of pyridine rings is 1. The second-order valence-corrected chi connectivity index (χ2v) is 9.62. The molecule has 0 bridgehead atoms. The summed E-state index contributed by atoms with van der Waals surface area (Å²) in [6.07, 6.45) is 3.47. The van der Waals surface area contributed by atoms with Gasteiger partial charge in [0.25, 0.3) is 5.91 Å². The highest BCUT2D eigenvalue weighted by Crippen LogP contribution is 2.36. The number of carbonyl (C=O) groups is 2. The molecule has 0 atom stereocenters. The van der Waals surface area contributed by atoms with Crippen molar-refractivity contribution in [1.29, 1.82) is 0 Å². The Morgan fingerprint density at radius 3 is 2.62 bits per heavy atom. The lowest BCUT2D eigenvalue weighted by atomic mass is 9.96. The Balaban J connectivity index is 1.73. The molecule has 2 aromatic rings. The second-order valence-electron chi connectivity index (χ2n) is 7.64. The summed E-state index contributed by atoms with van der Waals surface area (Å²) in [6.45, 7) is -3.34. The number of hydrogen-bond donors (Lipinski definition) is 3. The Kier molecular flexibility index (Phi) is 4.63. The number of ether oxygens (including phenoxy) is 1. The molecule has 0 unspecified atom stereocenters.